The summed E-state index contributed by atoms with van der Waals surface area (Å²) in [7, 11) is 1.67. The maximum Gasteiger partial charge on any atom is 0.191 e. The number of benzene rings is 2. The van der Waals surface area contributed by atoms with Gasteiger partial charge in [-0.05, 0) is 55.9 Å². The number of methoxy groups -OCH3 is 1. The first-order chi connectivity index (χ1) is 15.2. The summed E-state index contributed by atoms with van der Waals surface area (Å²) in [5.74, 6) is 2.29. The molecule has 0 amide bonds. The molecule has 1 fully saturated rings. The molecule has 6 heteroatoms. The number of nitrogens with one attached hydrogen (secondary N) is 2. The normalized spacial score (nSPS) is 15.5. The quantitative estimate of drug-likeness (QED) is 0.398. The third-order valence-electron chi connectivity index (χ3n) is 5.60. The Morgan fingerprint density at radius 2 is 1.87 bits per heavy atom. The minimum absolute atomic E-state index is 0.0113. The Bertz CT molecular complexity index is 820. The van der Waals surface area contributed by atoms with E-state index in [0.717, 1.165) is 48.0 Å². The molecule has 1 unspecified atom stereocenters. The number of rotatable bonds is 10. The van der Waals surface area contributed by atoms with Crippen LogP contribution < -0.4 is 20.1 Å². The van der Waals surface area contributed by atoms with Crippen molar-refractivity contribution >= 4 is 5.96 Å². The first-order valence-corrected chi connectivity index (χ1v) is 11.2. The van der Waals surface area contributed by atoms with E-state index in [9.17, 15) is 5.11 Å². The van der Waals surface area contributed by atoms with Gasteiger partial charge in [-0.15, -0.1) is 0 Å². The van der Waals surface area contributed by atoms with Gasteiger partial charge in [-0.2, -0.15) is 0 Å². The van der Waals surface area contributed by atoms with Gasteiger partial charge in [-0.3, -0.25) is 0 Å². The average molecular weight is 426 g/mol. The van der Waals surface area contributed by atoms with E-state index in [2.05, 4.69) is 10.6 Å². The smallest absolute Gasteiger partial charge is 0.191 e. The Morgan fingerprint density at radius 1 is 1.10 bits per heavy atom. The molecule has 1 atom stereocenters. The van der Waals surface area contributed by atoms with Crippen molar-refractivity contribution in [2.24, 2.45) is 4.99 Å². The number of aliphatic hydroxyl groups is 1. The van der Waals surface area contributed by atoms with Crippen LogP contribution in [0.5, 0.6) is 11.5 Å². The van der Waals surface area contributed by atoms with E-state index >= 15 is 0 Å². The lowest BCUT2D eigenvalue weighted by Crippen LogP contribution is -2.39. The molecule has 2 aromatic carbocycles. The molecular formula is C25H35N3O3. The molecule has 31 heavy (non-hydrogen) atoms. The van der Waals surface area contributed by atoms with Crippen LogP contribution >= 0.6 is 0 Å². The van der Waals surface area contributed by atoms with Crippen LogP contribution in [0.3, 0.4) is 0 Å². The number of hydrogen-bond donors (Lipinski definition) is 3. The zero-order valence-corrected chi connectivity index (χ0v) is 18.6. The molecule has 1 saturated carbocycles. The van der Waals surface area contributed by atoms with Crippen LogP contribution in [0.4, 0.5) is 0 Å². The summed E-state index contributed by atoms with van der Waals surface area (Å²) in [6.07, 6.45) is 5.00. The highest BCUT2D eigenvalue weighted by Crippen LogP contribution is 2.32. The molecule has 6 nitrogen and oxygen atoms in total. The largest absolute Gasteiger partial charge is 0.493 e. The molecule has 3 N–H and O–H groups in total. The Balaban J connectivity index is 1.62. The third kappa shape index (κ3) is 6.89. The minimum atomic E-state index is 0.0113. The predicted octanol–water partition coefficient (Wildman–Crippen LogP) is 3.85. The van der Waals surface area contributed by atoms with E-state index < -0.39 is 0 Å². The zero-order chi connectivity index (χ0) is 21.9. The van der Waals surface area contributed by atoms with Crippen LogP contribution in [0.25, 0.3) is 0 Å². The molecule has 0 heterocycles. The highest BCUT2D eigenvalue weighted by Gasteiger charge is 2.18. The van der Waals surface area contributed by atoms with Crippen LogP contribution in [0, 0.1) is 0 Å². The number of nitrogens with zero attached hydrogens (tertiary/aromatic N) is 1. The molecule has 1 aliphatic carbocycles. The number of aliphatic hydroxyl groups excluding tert-OH is 1. The van der Waals surface area contributed by atoms with E-state index in [0.29, 0.717) is 19.2 Å². The van der Waals surface area contributed by atoms with Crippen molar-refractivity contribution in [1.29, 1.82) is 0 Å². The molecule has 1 aliphatic rings. The summed E-state index contributed by atoms with van der Waals surface area (Å²) < 4.78 is 11.7. The van der Waals surface area contributed by atoms with Gasteiger partial charge < -0.3 is 25.2 Å². The lowest BCUT2D eigenvalue weighted by Gasteiger charge is -2.18. The van der Waals surface area contributed by atoms with Gasteiger partial charge in [-0.1, -0.05) is 36.4 Å². The first kappa shape index (κ1) is 22.9. The number of hydrogen-bond acceptors (Lipinski definition) is 4. The number of aliphatic imine (C=N–C) groups is 1. The van der Waals surface area contributed by atoms with Gasteiger partial charge in [0.15, 0.2) is 17.5 Å². The van der Waals surface area contributed by atoms with Crippen molar-refractivity contribution in [2.45, 2.75) is 51.2 Å². The van der Waals surface area contributed by atoms with Gasteiger partial charge in [0.25, 0.3) is 0 Å². The van der Waals surface area contributed by atoms with Gasteiger partial charge in [0.2, 0.25) is 0 Å². The number of ether oxygens (including phenoxy) is 2. The summed E-state index contributed by atoms with van der Waals surface area (Å²) in [5.41, 5.74) is 2.16. The first-order valence-electron chi connectivity index (χ1n) is 11.2. The van der Waals surface area contributed by atoms with Crippen molar-refractivity contribution in [3.8, 4) is 11.5 Å². The van der Waals surface area contributed by atoms with Gasteiger partial charge in [0.1, 0.15) is 0 Å². The highest BCUT2D eigenvalue weighted by atomic mass is 16.5. The minimum Gasteiger partial charge on any atom is -0.493 e. The lowest BCUT2D eigenvalue weighted by molar-refractivity contribution is 0.200. The fourth-order valence-electron chi connectivity index (χ4n) is 3.84. The van der Waals surface area contributed by atoms with E-state index in [1.165, 1.54) is 12.8 Å². The van der Waals surface area contributed by atoms with E-state index in [1.807, 2.05) is 55.5 Å². The van der Waals surface area contributed by atoms with E-state index in [4.69, 9.17) is 14.5 Å². The summed E-state index contributed by atoms with van der Waals surface area (Å²) in [6, 6.07) is 16.1. The fraction of sp³-hybridized carbons (Fsp3) is 0.480. The topological polar surface area (TPSA) is 75.1 Å². The van der Waals surface area contributed by atoms with Crippen molar-refractivity contribution in [1.82, 2.24) is 10.6 Å². The Morgan fingerprint density at radius 3 is 2.55 bits per heavy atom. The second-order valence-corrected chi connectivity index (χ2v) is 7.88. The van der Waals surface area contributed by atoms with E-state index in [1.54, 1.807) is 7.11 Å². The Hall–Kier alpha value is -2.73. The van der Waals surface area contributed by atoms with Gasteiger partial charge in [0.05, 0.1) is 26.4 Å². The standard InChI is InChI=1S/C25H35N3O3/c1-3-26-25(28-17-21(18-29)20-9-5-4-6-10-20)27-16-19-13-14-23(24(15-19)30-2)31-22-11-7-8-12-22/h4-6,9-10,13-15,21-22,29H,3,7-8,11-12,16-18H2,1-2H3,(H2,26,27,28). The van der Waals surface area contributed by atoms with Crippen LogP contribution in [0.1, 0.15) is 49.7 Å². The maximum atomic E-state index is 9.79. The Labute approximate surface area is 185 Å². The third-order valence-corrected chi connectivity index (χ3v) is 5.60. The summed E-state index contributed by atoms with van der Waals surface area (Å²) >= 11 is 0. The molecule has 0 aromatic heterocycles. The molecule has 0 radical (unpaired) electrons. The van der Waals surface area contributed by atoms with Crippen LogP contribution in [-0.2, 0) is 6.54 Å². The van der Waals surface area contributed by atoms with Crippen LogP contribution in [0.15, 0.2) is 53.5 Å². The molecular weight excluding hydrogens is 390 g/mol. The van der Waals surface area contributed by atoms with Crippen molar-refractivity contribution < 1.29 is 14.6 Å². The second kappa shape index (κ2) is 12.2. The molecule has 0 saturated heterocycles. The highest BCUT2D eigenvalue weighted by molar-refractivity contribution is 5.79. The van der Waals surface area contributed by atoms with Crippen molar-refractivity contribution in [3.63, 3.8) is 0 Å². The van der Waals surface area contributed by atoms with Crippen molar-refractivity contribution in [3.05, 3.63) is 59.7 Å². The molecule has 2 aromatic rings. The lowest BCUT2D eigenvalue weighted by atomic mass is 10.0. The molecule has 3 rings (SSSR count). The predicted molar refractivity (Wildman–Crippen MR) is 125 cm³/mol. The second-order valence-electron chi connectivity index (χ2n) is 7.88. The summed E-state index contributed by atoms with van der Waals surface area (Å²) in [5, 5.41) is 16.4. The molecule has 0 aliphatic heterocycles. The zero-order valence-electron chi connectivity index (χ0n) is 18.6. The van der Waals surface area contributed by atoms with Gasteiger partial charge in [-0.25, -0.2) is 4.99 Å². The Kier molecular flexibility index (Phi) is 9.03. The summed E-state index contributed by atoms with van der Waals surface area (Å²) in [6.45, 7) is 4.00. The monoisotopic (exact) mass is 425 g/mol. The molecule has 0 bridgehead atoms. The molecule has 0 spiro atoms. The number of guanidine groups is 1. The SMILES string of the molecule is CCNC(=NCc1ccc(OC2CCCC2)c(OC)c1)NCC(CO)c1ccccc1. The maximum absolute atomic E-state index is 9.79. The average Bonchev–Trinajstić information content (AvgIpc) is 3.32. The summed E-state index contributed by atoms with van der Waals surface area (Å²) in [4.78, 5) is 4.71. The van der Waals surface area contributed by atoms with Gasteiger partial charge >= 0.3 is 0 Å². The van der Waals surface area contributed by atoms with E-state index in [-0.39, 0.29) is 12.5 Å². The van der Waals surface area contributed by atoms with Crippen molar-refractivity contribution in [2.75, 3.05) is 26.8 Å². The van der Waals surface area contributed by atoms with Gasteiger partial charge in [0, 0.05) is 19.0 Å². The fourth-order valence-corrected chi connectivity index (χ4v) is 3.84. The molecule has 168 valence electrons. The van der Waals surface area contributed by atoms with Crippen LogP contribution in [0.2, 0.25) is 0 Å². The van der Waals surface area contributed by atoms with Crippen LogP contribution in [-0.4, -0.2) is 44.0 Å².